The van der Waals surface area contributed by atoms with Gasteiger partial charge >= 0.3 is 0 Å². The summed E-state index contributed by atoms with van der Waals surface area (Å²) in [5, 5.41) is 11.0. The molecule has 0 spiro atoms. The average molecular weight is 364 g/mol. The van der Waals surface area contributed by atoms with Crippen molar-refractivity contribution >= 4 is 29.7 Å². The molecule has 0 aromatic heterocycles. The van der Waals surface area contributed by atoms with Gasteiger partial charge in [0, 0.05) is 12.6 Å². The van der Waals surface area contributed by atoms with Gasteiger partial charge < -0.3 is 15.4 Å². The molecule has 0 bridgehead atoms. The van der Waals surface area contributed by atoms with Gasteiger partial charge in [-0.05, 0) is 37.6 Å². The highest BCUT2D eigenvalue weighted by Gasteiger charge is 2.28. The maximum atomic E-state index is 12.9. The molecule has 0 saturated carbocycles. The van der Waals surface area contributed by atoms with Crippen molar-refractivity contribution in [2.45, 2.75) is 12.8 Å². The quantitative estimate of drug-likeness (QED) is 0.498. The van der Waals surface area contributed by atoms with Gasteiger partial charge in [0.2, 0.25) is 0 Å². The first-order chi connectivity index (χ1) is 11.6. The predicted octanol–water partition coefficient (Wildman–Crippen LogP) is 3.51. The molecule has 1 aliphatic heterocycles. The predicted molar refractivity (Wildman–Crippen MR) is 96.8 cm³/mol. The van der Waals surface area contributed by atoms with E-state index >= 15 is 0 Å². The van der Waals surface area contributed by atoms with E-state index in [-0.39, 0.29) is 24.0 Å². The van der Waals surface area contributed by atoms with Gasteiger partial charge in [-0.1, -0.05) is 12.1 Å². The summed E-state index contributed by atoms with van der Waals surface area (Å²) < 4.78 is 5.81. The number of ether oxygens (including phenoxy) is 1. The number of halogens is 1. The van der Waals surface area contributed by atoms with Crippen molar-refractivity contribution in [2.24, 2.45) is 5.73 Å². The fourth-order valence-electron chi connectivity index (χ4n) is 2.66. The summed E-state index contributed by atoms with van der Waals surface area (Å²) in [5.41, 5.74) is 6.41. The Bertz CT molecular complexity index is 797. The van der Waals surface area contributed by atoms with E-state index in [9.17, 15) is 14.9 Å². The molecule has 0 atom stereocenters. The maximum Gasteiger partial charge on any atom is 0.273 e. The number of anilines is 1. The van der Waals surface area contributed by atoms with Crippen molar-refractivity contribution in [3.05, 3.63) is 58.1 Å². The minimum absolute atomic E-state index is 0. The van der Waals surface area contributed by atoms with Gasteiger partial charge in [-0.15, -0.1) is 12.4 Å². The molecular weight excluding hydrogens is 346 g/mol. The van der Waals surface area contributed by atoms with E-state index in [0.717, 1.165) is 12.8 Å². The van der Waals surface area contributed by atoms with Gasteiger partial charge in [0.1, 0.15) is 5.75 Å². The molecule has 2 aromatic carbocycles. The molecule has 0 saturated heterocycles. The van der Waals surface area contributed by atoms with Crippen LogP contribution in [0.25, 0.3) is 0 Å². The summed E-state index contributed by atoms with van der Waals surface area (Å²) >= 11 is 0. The Morgan fingerprint density at radius 2 is 1.88 bits per heavy atom. The van der Waals surface area contributed by atoms with Gasteiger partial charge in [-0.25, -0.2) is 0 Å². The Kier molecular flexibility index (Phi) is 5.95. The number of carbonyl (C=O) groups is 1. The molecule has 0 radical (unpaired) electrons. The number of carbonyl (C=O) groups excluding carboxylic acids is 1. The summed E-state index contributed by atoms with van der Waals surface area (Å²) in [6.07, 6.45) is 1.52. The third kappa shape index (κ3) is 3.72. The number of nitrogens with zero attached hydrogens (tertiary/aromatic N) is 2. The summed E-state index contributed by atoms with van der Waals surface area (Å²) in [4.78, 5) is 25.0. The van der Waals surface area contributed by atoms with Gasteiger partial charge in [-0.2, -0.15) is 0 Å². The minimum Gasteiger partial charge on any atom is -0.454 e. The average Bonchev–Trinajstić information content (AvgIpc) is 2.70. The molecule has 1 heterocycles. The zero-order valence-electron chi connectivity index (χ0n) is 13.4. The number of nitrogens with two attached hydrogens (primary N) is 1. The van der Waals surface area contributed by atoms with Crippen LogP contribution in [0.3, 0.4) is 0 Å². The minimum atomic E-state index is -0.485. The lowest BCUT2D eigenvalue weighted by Crippen LogP contribution is -2.31. The van der Waals surface area contributed by atoms with Crippen LogP contribution in [0.2, 0.25) is 0 Å². The number of fused-ring (bicyclic) bond motifs is 2. The van der Waals surface area contributed by atoms with Crippen molar-refractivity contribution in [3.8, 4) is 11.5 Å². The summed E-state index contributed by atoms with van der Waals surface area (Å²) in [5.74, 6) is 0.510. The first kappa shape index (κ1) is 18.7. The fraction of sp³-hybridized carbons (Fsp3) is 0.235. The normalized spacial score (nSPS) is 12.4. The third-order valence-corrected chi connectivity index (χ3v) is 3.86. The lowest BCUT2D eigenvalue weighted by molar-refractivity contribution is -0.384. The molecule has 0 unspecified atom stereocenters. The van der Waals surface area contributed by atoms with Crippen LogP contribution in [-0.2, 0) is 0 Å². The Morgan fingerprint density at radius 3 is 2.60 bits per heavy atom. The van der Waals surface area contributed by atoms with Crippen LogP contribution in [0.5, 0.6) is 11.5 Å². The van der Waals surface area contributed by atoms with E-state index in [1.54, 1.807) is 35.2 Å². The Hall–Kier alpha value is -2.64. The molecule has 3 rings (SSSR count). The van der Waals surface area contributed by atoms with Gasteiger partial charge in [-0.3, -0.25) is 14.9 Å². The molecule has 1 aliphatic rings. The van der Waals surface area contributed by atoms with Crippen LogP contribution in [-0.4, -0.2) is 23.9 Å². The second-order valence-corrected chi connectivity index (χ2v) is 5.46. The van der Waals surface area contributed by atoms with E-state index < -0.39 is 4.92 Å². The number of nitro benzene ring substituents is 1. The first-order valence-electron chi connectivity index (χ1n) is 7.69. The SMILES string of the molecule is Cl.NCCCCN1C(=O)c2ccccc2Oc2cc([N+](=O)[O-])ccc21. The highest BCUT2D eigenvalue weighted by atomic mass is 35.5. The second kappa shape index (κ2) is 7.96. The Morgan fingerprint density at radius 1 is 1.12 bits per heavy atom. The number of para-hydroxylation sites is 1. The lowest BCUT2D eigenvalue weighted by Gasteiger charge is -2.21. The van der Waals surface area contributed by atoms with E-state index in [4.69, 9.17) is 10.5 Å². The van der Waals surface area contributed by atoms with Crippen molar-refractivity contribution < 1.29 is 14.5 Å². The van der Waals surface area contributed by atoms with Crippen LogP contribution in [0.1, 0.15) is 23.2 Å². The number of non-ortho nitro benzene ring substituents is 1. The van der Waals surface area contributed by atoms with Crippen LogP contribution in [0, 0.1) is 10.1 Å². The fourth-order valence-corrected chi connectivity index (χ4v) is 2.66. The molecule has 25 heavy (non-hydrogen) atoms. The molecule has 132 valence electrons. The van der Waals surface area contributed by atoms with E-state index in [2.05, 4.69) is 0 Å². The van der Waals surface area contributed by atoms with Crippen molar-refractivity contribution in [2.75, 3.05) is 18.0 Å². The largest absolute Gasteiger partial charge is 0.454 e. The number of nitro groups is 1. The van der Waals surface area contributed by atoms with Crippen molar-refractivity contribution in [3.63, 3.8) is 0 Å². The summed E-state index contributed by atoms with van der Waals surface area (Å²) in [6.45, 7) is 1.01. The van der Waals surface area contributed by atoms with Crippen LogP contribution in [0.4, 0.5) is 11.4 Å². The maximum absolute atomic E-state index is 12.9. The third-order valence-electron chi connectivity index (χ3n) is 3.86. The number of benzene rings is 2. The Balaban J connectivity index is 0.00000225. The molecule has 0 aliphatic carbocycles. The van der Waals surface area contributed by atoms with Gasteiger partial charge in [0.25, 0.3) is 11.6 Å². The molecule has 8 heteroatoms. The number of hydrogen-bond acceptors (Lipinski definition) is 5. The Labute approximate surface area is 150 Å². The zero-order valence-corrected chi connectivity index (χ0v) is 14.2. The molecule has 1 amide bonds. The number of unbranched alkanes of at least 4 members (excludes halogenated alkanes) is 1. The molecule has 2 aromatic rings. The van der Waals surface area contributed by atoms with Crippen molar-refractivity contribution in [1.29, 1.82) is 0 Å². The monoisotopic (exact) mass is 363 g/mol. The molecular formula is C17H18ClN3O4. The summed E-state index contributed by atoms with van der Waals surface area (Å²) in [7, 11) is 0. The van der Waals surface area contributed by atoms with E-state index in [0.29, 0.717) is 35.8 Å². The second-order valence-electron chi connectivity index (χ2n) is 5.46. The van der Waals surface area contributed by atoms with Crippen molar-refractivity contribution in [1.82, 2.24) is 0 Å². The lowest BCUT2D eigenvalue weighted by atomic mass is 10.1. The smallest absolute Gasteiger partial charge is 0.273 e. The van der Waals surface area contributed by atoms with E-state index in [1.165, 1.54) is 12.1 Å². The highest BCUT2D eigenvalue weighted by Crippen LogP contribution is 2.40. The number of rotatable bonds is 5. The molecule has 7 nitrogen and oxygen atoms in total. The van der Waals surface area contributed by atoms with Crippen LogP contribution in [0.15, 0.2) is 42.5 Å². The standard InChI is InChI=1S/C17H17N3O4.ClH/c18-9-3-4-10-19-14-8-7-12(20(22)23)11-16(14)24-15-6-2-1-5-13(15)17(19)21;/h1-2,5-8,11H,3-4,9-10,18H2;1H. The number of amides is 1. The first-order valence-corrected chi connectivity index (χ1v) is 7.69. The highest BCUT2D eigenvalue weighted by molar-refractivity contribution is 6.09. The van der Waals surface area contributed by atoms with Gasteiger partial charge in [0.15, 0.2) is 5.75 Å². The zero-order chi connectivity index (χ0) is 17.1. The van der Waals surface area contributed by atoms with Gasteiger partial charge in [0.05, 0.1) is 22.2 Å². The van der Waals surface area contributed by atoms with E-state index in [1.807, 2.05) is 0 Å². The topological polar surface area (TPSA) is 98.7 Å². The van der Waals surface area contributed by atoms with Crippen LogP contribution < -0.4 is 15.4 Å². The summed E-state index contributed by atoms with van der Waals surface area (Å²) in [6, 6.07) is 11.2. The molecule has 2 N–H and O–H groups in total. The molecule has 0 fully saturated rings. The number of hydrogen-bond donors (Lipinski definition) is 1. The van der Waals surface area contributed by atoms with Crippen LogP contribution >= 0.6 is 12.4 Å².